The number of aromatic nitrogens is 2. The molecule has 0 spiro atoms. The van der Waals surface area contributed by atoms with Crippen LogP contribution in [0.25, 0.3) is 0 Å². The van der Waals surface area contributed by atoms with Gasteiger partial charge in [0.15, 0.2) is 0 Å². The molecule has 0 aliphatic heterocycles. The number of unbranched alkanes of at least 4 members (excludes halogenated alkanes) is 1. The van der Waals surface area contributed by atoms with Crippen molar-refractivity contribution in [3.63, 3.8) is 0 Å². The Kier molecular flexibility index (Phi) is 3.48. The standard InChI is InChI=1S/C10H17N3S/c1-2-3-4-9-12-13-10(14-9)7-11-8-5-6-8/h8,11H,2-7H2,1H3. The van der Waals surface area contributed by atoms with Gasteiger partial charge in [-0.3, -0.25) is 0 Å². The van der Waals surface area contributed by atoms with E-state index in [1.54, 1.807) is 11.3 Å². The minimum Gasteiger partial charge on any atom is -0.308 e. The first kappa shape index (κ1) is 10.1. The minimum atomic E-state index is 0.762. The summed E-state index contributed by atoms with van der Waals surface area (Å²) in [5, 5.41) is 14.1. The van der Waals surface area contributed by atoms with Crippen LogP contribution in [0, 0.1) is 0 Å². The van der Waals surface area contributed by atoms with Crippen LogP contribution in [0.4, 0.5) is 0 Å². The number of aryl methyl sites for hydroxylation is 1. The smallest absolute Gasteiger partial charge is 0.131 e. The van der Waals surface area contributed by atoms with Gasteiger partial charge in [-0.15, -0.1) is 21.5 Å². The fourth-order valence-corrected chi connectivity index (χ4v) is 2.15. The Balaban J connectivity index is 1.76. The summed E-state index contributed by atoms with van der Waals surface area (Å²) in [5.74, 6) is 0. The van der Waals surface area contributed by atoms with Crippen LogP contribution in [0.5, 0.6) is 0 Å². The van der Waals surface area contributed by atoms with Crippen LogP contribution in [0.15, 0.2) is 0 Å². The molecule has 0 saturated heterocycles. The number of nitrogens with one attached hydrogen (secondary N) is 1. The molecule has 14 heavy (non-hydrogen) atoms. The summed E-state index contributed by atoms with van der Waals surface area (Å²) in [6.07, 6.45) is 6.22. The summed E-state index contributed by atoms with van der Waals surface area (Å²) in [5.41, 5.74) is 0. The number of hydrogen-bond donors (Lipinski definition) is 1. The van der Waals surface area contributed by atoms with Crippen LogP contribution in [0.1, 0.15) is 42.6 Å². The van der Waals surface area contributed by atoms with Crippen molar-refractivity contribution >= 4 is 11.3 Å². The molecule has 0 radical (unpaired) electrons. The van der Waals surface area contributed by atoms with Crippen LogP contribution in [-0.2, 0) is 13.0 Å². The van der Waals surface area contributed by atoms with Crippen LogP contribution < -0.4 is 5.32 Å². The molecule has 0 atom stereocenters. The molecule has 1 saturated carbocycles. The lowest BCUT2D eigenvalue weighted by Crippen LogP contribution is -2.14. The zero-order chi connectivity index (χ0) is 9.80. The molecule has 1 aromatic heterocycles. The minimum absolute atomic E-state index is 0.762. The normalized spacial score (nSPS) is 16.1. The predicted octanol–water partition coefficient (Wildman–Crippen LogP) is 2.13. The summed E-state index contributed by atoms with van der Waals surface area (Å²) >= 11 is 1.76. The molecule has 2 rings (SSSR count). The van der Waals surface area contributed by atoms with E-state index in [1.807, 2.05) is 0 Å². The van der Waals surface area contributed by atoms with Crippen molar-refractivity contribution in [2.45, 2.75) is 51.6 Å². The third kappa shape index (κ3) is 3.03. The van der Waals surface area contributed by atoms with Gasteiger partial charge in [-0.25, -0.2) is 0 Å². The Morgan fingerprint density at radius 1 is 1.36 bits per heavy atom. The second-order valence-electron chi connectivity index (χ2n) is 3.85. The highest BCUT2D eigenvalue weighted by Crippen LogP contribution is 2.20. The predicted molar refractivity (Wildman–Crippen MR) is 58.4 cm³/mol. The van der Waals surface area contributed by atoms with Gasteiger partial charge in [0.1, 0.15) is 10.0 Å². The van der Waals surface area contributed by atoms with E-state index < -0.39 is 0 Å². The lowest BCUT2D eigenvalue weighted by atomic mass is 10.3. The highest BCUT2D eigenvalue weighted by molar-refractivity contribution is 7.11. The first-order valence-electron chi connectivity index (χ1n) is 5.43. The van der Waals surface area contributed by atoms with Gasteiger partial charge in [-0.1, -0.05) is 13.3 Å². The van der Waals surface area contributed by atoms with E-state index in [0.29, 0.717) is 0 Å². The molecule has 3 nitrogen and oxygen atoms in total. The van der Waals surface area contributed by atoms with Gasteiger partial charge in [0, 0.05) is 19.0 Å². The Morgan fingerprint density at radius 3 is 2.86 bits per heavy atom. The van der Waals surface area contributed by atoms with Gasteiger partial charge >= 0.3 is 0 Å². The Labute approximate surface area is 88.9 Å². The summed E-state index contributed by atoms with van der Waals surface area (Å²) < 4.78 is 0. The third-order valence-electron chi connectivity index (χ3n) is 2.37. The topological polar surface area (TPSA) is 37.8 Å². The second kappa shape index (κ2) is 4.84. The molecule has 0 aromatic carbocycles. The molecule has 1 aliphatic carbocycles. The van der Waals surface area contributed by atoms with E-state index in [-0.39, 0.29) is 0 Å². The molecule has 4 heteroatoms. The summed E-state index contributed by atoms with van der Waals surface area (Å²) in [7, 11) is 0. The van der Waals surface area contributed by atoms with Crippen LogP contribution in [0.3, 0.4) is 0 Å². The molecule has 1 fully saturated rings. The molecule has 0 amide bonds. The number of nitrogens with zero attached hydrogens (tertiary/aromatic N) is 2. The SMILES string of the molecule is CCCCc1nnc(CNC2CC2)s1. The van der Waals surface area contributed by atoms with Crippen molar-refractivity contribution in [3.05, 3.63) is 10.0 Å². The Hall–Kier alpha value is -0.480. The fourth-order valence-electron chi connectivity index (χ4n) is 1.31. The third-order valence-corrected chi connectivity index (χ3v) is 3.36. The maximum Gasteiger partial charge on any atom is 0.131 e. The average Bonchev–Trinajstić information content (AvgIpc) is 2.92. The number of rotatable bonds is 6. The van der Waals surface area contributed by atoms with Gasteiger partial charge in [0.2, 0.25) is 0 Å². The molecule has 78 valence electrons. The molecule has 0 bridgehead atoms. The maximum absolute atomic E-state index is 4.18. The molecule has 0 unspecified atom stereocenters. The molecular weight excluding hydrogens is 194 g/mol. The lowest BCUT2D eigenvalue weighted by molar-refractivity contribution is 0.677. The van der Waals surface area contributed by atoms with E-state index in [4.69, 9.17) is 0 Å². The molecule has 1 aliphatic rings. The van der Waals surface area contributed by atoms with Gasteiger partial charge in [-0.2, -0.15) is 0 Å². The van der Waals surface area contributed by atoms with Crippen LogP contribution in [0.2, 0.25) is 0 Å². The van der Waals surface area contributed by atoms with Crippen molar-refractivity contribution in [2.75, 3.05) is 0 Å². The molecule has 1 heterocycles. The quantitative estimate of drug-likeness (QED) is 0.783. The fraction of sp³-hybridized carbons (Fsp3) is 0.800. The monoisotopic (exact) mass is 211 g/mol. The highest BCUT2D eigenvalue weighted by Gasteiger charge is 2.20. The largest absolute Gasteiger partial charge is 0.308 e. The second-order valence-corrected chi connectivity index (χ2v) is 4.99. The summed E-state index contributed by atoms with van der Waals surface area (Å²) in [4.78, 5) is 0. The Morgan fingerprint density at radius 2 is 2.14 bits per heavy atom. The van der Waals surface area contributed by atoms with Crippen LogP contribution in [-0.4, -0.2) is 16.2 Å². The van der Waals surface area contributed by atoms with E-state index in [2.05, 4.69) is 22.4 Å². The zero-order valence-electron chi connectivity index (χ0n) is 8.62. The van der Waals surface area contributed by atoms with Crippen molar-refractivity contribution in [2.24, 2.45) is 0 Å². The van der Waals surface area contributed by atoms with Gasteiger partial charge < -0.3 is 5.32 Å². The van der Waals surface area contributed by atoms with E-state index >= 15 is 0 Å². The zero-order valence-corrected chi connectivity index (χ0v) is 9.44. The van der Waals surface area contributed by atoms with E-state index in [0.717, 1.165) is 24.0 Å². The van der Waals surface area contributed by atoms with Gasteiger partial charge in [0.05, 0.1) is 0 Å². The summed E-state index contributed by atoms with van der Waals surface area (Å²) in [6, 6.07) is 0.762. The number of hydrogen-bond acceptors (Lipinski definition) is 4. The summed E-state index contributed by atoms with van der Waals surface area (Å²) in [6.45, 7) is 3.12. The van der Waals surface area contributed by atoms with Crippen molar-refractivity contribution in [3.8, 4) is 0 Å². The van der Waals surface area contributed by atoms with E-state index in [1.165, 1.54) is 30.7 Å². The highest BCUT2D eigenvalue weighted by atomic mass is 32.1. The van der Waals surface area contributed by atoms with Gasteiger partial charge in [0.25, 0.3) is 0 Å². The maximum atomic E-state index is 4.18. The first-order chi connectivity index (χ1) is 6.88. The van der Waals surface area contributed by atoms with Crippen molar-refractivity contribution in [1.29, 1.82) is 0 Å². The van der Waals surface area contributed by atoms with Gasteiger partial charge in [-0.05, 0) is 19.3 Å². The van der Waals surface area contributed by atoms with E-state index in [9.17, 15) is 0 Å². The molecular formula is C10H17N3S. The Bertz CT molecular complexity index is 281. The van der Waals surface area contributed by atoms with Crippen molar-refractivity contribution in [1.82, 2.24) is 15.5 Å². The lowest BCUT2D eigenvalue weighted by Gasteiger charge is -1.95. The average molecular weight is 211 g/mol. The molecule has 1 N–H and O–H groups in total. The van der Waals surface area contributed by atoms with Crippen LogP contribution >= 0.6 is 11.3 Å². The van der Waals surface area contributed by atoms with Crippen molar-refractivity contribution < 1.29 is 0 Å². The molecule has 1 aromatic rings. The first-order valence-corrected chi connectivity index (χ1v) is 6.24.